The van der Waals surface area contributed by atoms with Gasteiger partial charge in [-0.05, 0) is 67.3 Å². The maximum Gasteiger partial charge on any atom is 0.275 e. The Morgan fingerprint density at radius 3 is 2.19 bits per heavy atom. The number of carbonyl (C=O) groups excluding carboxylic acids is 2. The molecule has 1 heterocycles. The summed E-state index contributed by atoms with van der Waals surface area (Å²) < 4.78 is 4.81. The van der Waals surface area contributed by atoms with Crippen LogP contribution in [0.15, 0.2) is 71.7 Å². The molecule has 0 aliphatic carbocycles. The Morgan fingerprint density at radius 1 is 0.976 bits per heavy atom. The predicted molar refractivity (Wildman–Crippen MR) is 168 cm³/mol. The van der Waals surface area contributed by atoms with E-state index in [2.05, 4.69) is 12.2 Å². The van der Waals surface area contributed by atoms with Crippen LogP contribution in [0.2, 0.25) is 10.0 Å². The number of benzene rings is 3. The Hall–Kier alpha value is -3.23. The van der Waals surface area contributed by atoms with Crippen LogP contribution in [0.3, 0.4) is 0 Å². The molecule has 1 unspecified atom stereocenters. The van der Waals surface area contributed by atoms with Crippen molar-refractivity contribution in [1.29, 1.82) is 0 Å². The third kappa shape index (κ3) is 7.39. The highest BCUT2D eigenvalue weighted by atomic mass is 35.5. The fraction of sp³-hybridized carbons (Fsp3) is 0.364. The lowest BCUT2D eigenvalue weighted by Crippen LogP contribution is -2.45. The Morgan fingerprint density at radius 2 is 1.60 bits per heavy atom. The fourth-order valence-corrected chi connectivity index (χ4v) is 5.74. The molecule has 9 heteroatoms. The minimum atomic E-state index is -0.916. The van der Waals surface area contributed by atoms with E-state index in [0.717, 1.165) is 41.5 Å². The van der Waals surface area contributed by atoms with Gasteiger partial charge in [-0.2, -0.15) is 0 Å². The van der Waals surface area contributed by atoms with Crippen molar-refractivity contribution < 1.29 is 19.4 Å². The van der Waals surface area contributed by atoms with Crippen LogP contribution in [-0.2, 0) is 9.53 Å². The molecule has 0 saturated heterocycles. The van der Waals surface area contributed by atoms with Gasteiger partial charge in [0, 0.05) is 41.2 Å². The van der Waals surface area contributed by atoms with Crippen molar-refractivity contribution in [3.63, 3.8) is 0 Å². The van der Waals surface area contributed by atoms with E-state index in [9.17, 15) is 14.7 Å². The van der Waals surface area contributed by atoms with Crippen molar-refractivity contribution in [2.75, 3.05) is 13.7 Å². The van der Waals surface area contributed by atoms with E-state index in [-0.39, 0.29) is 17.9 Å². The average molecular weight is 611 g/mol. The number of amides is 2. The summed E-state index contributed by atoms with van der Waals surface area (Å²) in [6.07, 6.45) is 2.06. The van der Waals surface area contributed by atoms with Gasteiger partial charge in [-0.25, -0.2) is 0 Å². The molecule has 2 atom stereocenters. The highest BCUT2D eigenvalue weighted by molar-refractivity contribution is 6.46. The van der Waals surface area contributed by atoms with Crippen molar-refractivity contribution in [3.8, 4) is 11.1 Å². The van der Waals surface area contributed by atoms with Crippen molar-refractivity contribution in [2.45, 2.75) is 64.4 Å². The quantitative estimate of drug-likeness (QED) is 0.215. The first kappa shape index (κ1) is 31.7. The minimum Gasteiger partial charge on any atom is -0.368 e. The highest BCUT2D eigenvalue weighted by Crippen LogP contribution is 2.38. The molecule has 0 saturated carbocycles. The Bertz CT molecular complexity index is 1420. The highest BCUT2D eigenvalue weighted by Gasteiger charge is 2.44. The molecule has 0 radical (unpaired) electrons. The van der Waals surface area contributed by atoms with E-state index in [1.165, 1.54) is 7.11 Å². The number of aliphatic imine (C=N–C) groups is 1. The number of aliphatic hydroxyl groups excluding tert-OH is 1. The molecule has 0 spiro atoms. The Labute approximate surface area is 257 Å². The number of rotatable bonds is 12. The molecule has 7 nitrogen and oxygen atoms in total. The number of aliphatic hydroxyl groups is 1. The topological polar surface area (TPSA) is 91.2 Å². The van der Waals surface area contributed by atoms with E-state index in [4.69, 9.17) is 32.9 Å². The van der Waals surface area contributed by atoms with Gasteiger partial charge in [0.2, 0.25) is 0 Å². The second-order valence-corrected chi connectivity index (χ2v) is 11.8. The van der Waals surface area contributed by atoms with Crippen molar-refractivity contribution in [1.82, 2.24) is 10.2 Å². The number of hydrogen-bond donors (Lipinski definition) is 2. The molecule has 0 aromatic heterocycles. The Kier molecular flexibility index (Phi) is 10.4. The zero-order valence-corrected chi connectivity index (χ0v) is 25.9. The lowest BCUT2D eigenvalue weighted by Gasteiger charge is -2.37. The summed E-state index contributed by atoms with van der Waals surface area (Å²) in [5, 5.41) is 13.4. The molecule has 2 N–H and O–H groups in total. The predicted octanol–water partition coefficient (Wildman–Crippen LogP) is 7.04. The summed E-state index contributed by atoms with van der Waals surface area (Å²) in [6.45, 7) is 6.32. The zero-order chi connectivity index (χ0) is 30.4. The number of nitrogens with one attached hydrogen (secondary N) is 1. The molecule has 3 aromatic rings. The minimum absolute atomic E-state index is 0.127. The number of nitrogens with zero attached hydrogens (tertiary/aromatic N) is 2. The summed E-state index contributed by atoms with van der Waals surface area (Å²) in [5.74, 6) is -0.361. The zero-order valence-electron chi connectivity index (χ0n) is 24.4. The van der Waals surface area contributed by atoms with Gasteiger partial charge in [-0.3, -0.25) is 14.6 Å². The maximum atomic E-state index is 14.0. The normalized spacial score (nSPS) is 15.8. The fourth-order valence-electron chi connectivity index (χ4n) is 5.22. The van der Waals surface area contributed by atoms with Crippen LogP contribution in [0, 0.1) is 0 Å². The third-order valence-corrected chi connectivity index (χ3v) is 7.84. The first-order chi connectivity index (χ1) is 20.0. The molecule has 0 fully saturated rings. The monoisotopic (exact) mass is 609 g/mol. The number of ether oxygens (including phenoxy) is 1. The number of hydrogen-bond acceptors (Lipinski definition) is 5. The molecule has 0 bridgehead atoms. The summed E-state index contributed by atoms with van der Waals surface area (Å²) in [5.41, 5.74) is 3.68. The van der Waals surface area contributed by atoms with Crippen LogP contribution in [-0.4, -0.2) is 53.1 Å². The smallest absolute Gasteiger partial charge is 0.275 e. The first-order valence-corrected chi connectivity index (χ1v) is 14.9. The second kappa shape index (κ2) is 13.8. The second-order valence-electron chi connectivity index (χ2n) is 10.9. The van der Waals surface area contributed by atoms with Crippen molar-refractivity contribution in [3.05, 3.63) is 93.5 Å². The molecular weight excluding hydrogens is 573 g/mol. The van der Waals surface area contributed by atoms with Crippen LogP contribution in [0.5, 0.6) is 0 Å². The molecule has 222 valence electrons. The van der Waals surface area contributed by atoms with Gasteiger partial charge in [0.25, 0.3) is 11.8 Å². The Balaban J connectivity index is 1.55. The number of halogens is 2. The summed E-state index contributed by atoms with van der Waals surface area (Å²) in [4.78, 5) is 33.3. The van der Waals surface area contributed by atoms with E-state index >= 15 is 0 Å². The molecule has 1 aliphatic rings. The maximum absolute atomic E-state index is 14.0. The first-order valence-electron chi connectivity index (χ1n) is 14.1. The van der Waals surface area contributed by atoms with E-state index in [1.54, 1.807) is 18.2 Å². The number of unbranched alkanes of at least 4 members (excludes halogenated alkanes) is 1. The van der Waals surface area contributed by atoms with Gasteiger partial charge in [0.15, 0.2) is 6.29 Å². The molecule has 3 aromatic carbocycles. The standard InChI is InChI=1S/C33H37Cl2N3O4/c1-5-6-7-28(22-10-14-24(15-11-22)31(40)36-17-16-29(39)42-4)38-32(41)30(37-33(38,2)3)23-12-8-21(9-13-23)25-18-26(34)20-27(35)19-25/h8-15,18-20,28-29,39H,5-7,16-17H2,1-4H3,(H,36,40)/t28-,29?/m1/s1. The summed E-state index contributed by atoms with van der Waals surface area (Å²) >= 11 is 12.4. The summed E-state index contributed by atoms with van der Waals surface area (Å²) in [7, 11) is 1.41. The van der Waals surface area contributed by atoms with Gasteiger partial charge in [0.05, 0.1) is 6.04 Å². The number of carbonyl (C=O) groups is 2. The molecule has 1 aliphatic heterocycles. The van der Waals surface area contributed by atoms with Crippen LogP contribution in [0.1, 0.15) is 74.0 Å². The third-order valence-electron chi connectivity index (χ3n) is 7.40. The molecule has 4 rings (SSSR count). The number of methoxy groups -OCH3 is 1. The lowest BCUT2D eigenvalue weighted by molar-refractivity contribution is -0.130. The molecule has 2 amide bonds. The van der Waals surface area contributed by atoms with E-state index < -0.39 is 12.0 Å². The average Bonchev–Trinajstić information content (AvgIpc) is 3.21. The van der Waals surface area contributed by atoms with Crippen LogP contribution in [0.25, 0.3) is 11.1 Å². The lowest BCUT2D eigenvalue weighted by atomic mass is 9.95. The SMILES string of the molecule is CCCC[C@H](c1ccc(C(=O)NCCC(O)OC)cc1)N1C(=O)C(c2ccc(-c3cc(Cl)cc(Cl)c3)cc2)=NC1(C)C. The van der Waals surface area contributed by atoms with Crippen LogP contribution < -0.4 is 5.32 Å². The van der Waals surface area contributed by atoms with Gasteiger partial charge in [-0.1, -0.05) is 79.4 Å². The van der Waals surface area contributed by atoms with E-state index in [0.29, 0.717) is 34.3 Å². The van der Waals surface area contributed by atoms with E-state index in [1.807, 2.05) is 67.3 Å². The van der Waals surface area contributed by atoms with Crippen LogP contribution >= 0.6 is 23.2 Å². The van der Waals surface area contributed by atoms with Crippen molar-refractivity contribution >= 4 is 40.7 Å². The van der Waals surface area contributed by atoms with Crippen molar-refractivity contribution in [2.24, 2.45) is 4.99 Å². The largest absolute Gasteiger partial charge is 0.368 e. The summed E-state index contributed by atoms with van der Waals surface area (Å²) in [6, 6.07) is 20.2. The molecule has 42 heavy (non-hydrogen) atoms. The van der Waals surface area contributed by atoms with Gasteiger partial charge < -0.3 is 20.1 Å². The van der Waals surface area contributed by atoms with Gasteiger partial charge in [0.1, 0.15) is 11.4 Å². The molecular formula is C33H37Cl2N3O4. The van der Waals surface area contributed by atoms with Gasteiger partial charge >= 0.3 is 0 Å². The van der Waals surface area contributed by atoms with Crippen LogP contribution in [0.4, 0.5) is 0 Å². The van der Waals surface area contributed by atoms with Gasteiger partial charge in [-0.15, -0.1) is 0 Å².